The minimum atomic E-state index is -0.172. The van der Waals surface area contributed by atoms with Crippen LogP contribution in [0, 0.1) is 12.7 Å². The van der Waals surface area contributed by atoms with Gasteiger partial charge in [-0.05, 0) is 47.1 Å². The first-order chi connectivity index (χ1) is 8.56. The average molecular weight is 393 g/mol. The standard InChI is InChI=1S/C13H12Br2FNS/c1-8-12(15)5-11(18-8)7-17-6-9-4-10(14)2-3-13(9)16/h2-5,17H,6-7H2,1H3. The van der Waals surface area contributed by atoms with Crippen molar-refractivity contribution in [3.63, 3.8) is 0 Å². The third-order valence-electron chi connectivity index (χ3n) is 2.53. The SMILES string of the molecule is Cc1sc(CNCc2cc(Br)ccc2F)cc1Br. The zero-order valence-electron chi connectivity index (χ0n) is 9.77. The smallest absolute Gasteiger partial charge is 0.127 e. The van der Waals surface area contributed by atoms with Crippen molar-refractivity contribution in [2.75, 3.05) is 0 Å². The van der Waals surface area contributed by atoms with Crippen LogP contribution in [0.2, 0.25) is 0 Å². The van der Waals surface area contributed by atoms with Crippen LogP contribution in [0.25, 0.3) is 0 Å². The van der Waals surface area contributed by atoms with Gasteiger partial charge in [0.15, 0.2) is 0 Å². The molecule has 0 unspecified atom stereocenters. The molecule has 18 heavy (non-hydrogen) atoms. The minimum absolute atomic E-state index is 0.172. The van der Waals surface area contributed by atoms with E-state index in [9.17, 15) is 4.39 Å². The predicted octanol–water partition coefficient (Wildman–Crippen LogP) is 5.01. The summed E-state index contributed by atoms with van der Waals surface area (Å²) in [6, 6.07) is 7.09. The molecule has 0 atom stereocenters. The van der Waals surface area contributed by atoms with Gasteiger partial charge in [0.1, 0.15) is 5.82 Å². The Labute approximate surface area is 127 Å². The molecule has 96 valence electrons. The Balaban J connectivity index is 1.94. The molecule has 1 aromatic heterocycles. The molecule has 2 rings (SSSR count). The molecule has 2 aromatic rings. The quantitative estimate of drug-likeness (QED) is 0.770. The summed E-state index contributed by atoms with van der Waals surface area (Å²) in [5.41, 5.74) is 0.678. The van der Waals surface area contributed by atoms with Gasteiger partial charge in [0, 0.05) is 37.4 Å². The van der Waals surface area contributed by atoms with Crippen LogP contribution in [0.5, 0.6) is 0 Å². The fourth-order valence-electron chi connectivity index (χ4n) is 1.60. The lowest BCUT2D eigenvalue weighted by molar-refractivity contribution is 0.588. The second-order valence-electron chi connectivity index (χ2n) is 3.96. The van der Waals surface area contributed by atoms with Crippen LogP contribution < -0.4 is 5.32 Å². The van der Waals surface area contributed by atoms with Crippen molar-refractivity contribution in [1.29, 1.82) is 0 Å². The van der Waals surface area contributed by atoms with Gasteiger partial charge < -0.3 is 5.32 Å². The largest absolute Gasteiger partial charge is 0.308 e. The van der Waals surface area contributed by atoms with E-state index >= 15 is 0 Å². The van der Waals surface area contributed by atoms with Gasteiger partial charge in [-0.3, -0.25) is 0 Å². The number of hydrogen-bond acceptors (Lipinski definition) is 2. The van der Waals surface area contributed by atoms with Crippen LogP contribution in [0.1, 0.15) is 15.3 Å². The first-order valence-electron chi connectivity index (χ1n) is 5.45. The Morgan fingerprint density at radius 2 is 2.00 bits per heavy atom. The Morgan fingerprint density at radius 1 is 1.22 bits per heavy atom. The topological polar surface area (TPSA) is 12.0 Å². The molecule has 0 amide bonds. The summed E-state index contributed by atoms with van der Waals surface area (Å²) >= 11 is 8.58. The molecule has 1 N–H and O–H groups in total. The number of rotatable bonds is 4. The Morgan fingerprint density at radius 3 is 2.67 bits per heavy atom. The zero-order valence-corrected chi connectivity index (χ0v) is 13.8. The van der Waals surface area contributed by atoms with Crippen molar-refractivity contribution in [2.45, 2.75) is 20.0 Å². The summed E-state index contributed by atoms with van der Waals surface area (Å²) in [5, 5.41) is 3.26. The lowest BCUT2D eigenvalue weighted by atomic mass is 10.2. The molecule has 0 aliphatic rings. The van der Waals surface area contributed by atoms with Crippen molar-refractivity contribution in [3.05, 3.63) is 54.3 Å². The van der Waals surface area contributed by atoms with E-state index in [4.69, 9.17) is 0 Å². The summed E-state index contributed by atoms with van der Waals surface area (Å²) in [6.07, 6.45) is 0. The molecular weight excluding hydrogens is 381 g/mol. The highest BCUT2D eigenvalue weighted by Crippen LogP contribution is 2.26. The molecule has 0 aliphatic carbocycles. The Bertz CT molecular complexity index is 534. The number of aryl methyl sites for hydroxylation is 1. The highest BCUT2D eigenvalue weighted by molar-refractivity contribution is 9.10. The molecule has 0 aliphatic heterocycles. The number of halogens is 3. The zero-order chi connectivity index (χ0) is 13.1. The molecule has 1 aromatic carbocycles. The highest BCUT2D eigenvalue weighted by Gasteiger charge is 2.05. The van der Waals surface area contributed by atoms with E-state index in [0.29, 0.717) is 12.1 Å². The molecule has 0 saturated heterocycles. The van der Waals surface area contributed by atoms with Crippen molar-refractivity contribution in [3.8, 4) is 0 Å². The van der Waals surface area contributed by atoms with Crippen LogP contribution in [0.15, 0.2) is 33.2 Å². The molecule has 0 saturated carbocycles. The van der Waals surface area contributed by atoms with Crippen molar-refractivity contribution in [2.24, 2.45) is 0 Å². The second-order valence-corrected chi connectivity index (χ2v) is 7.07. The van der Waals surface area contributed by atoms with E-state index in [2.05, 4.69) is 50.2 Å². The molecule has 0 bridgehead atoms. The highest BCUT2D eigenvalue weighted by atomic mass is 79.9. The van der Waals surface area contributed by atoms with E-state index in [1.54, 1.807) is 23.5 Å². The first kappa shape index (κ1) is 14.2. The van der Waals surface area contributed by atoms with Crippen LogP contribution in [0.4, 0.5) is 4.39 Å². The van der Waals surface area contributed by atoms with Gasteiger partial charge in [-0.25, -0.2) is 4.39 Å². The monoisotopic (exact) mass is 391 g/mol. The van der Waals surface area contributed by atoms with Gasteiger partial charge >= 0.3 is 0 Å². The molecule has 0 radical (unpaired) electrons. The predicted molar refractivity (Wildman–Crippen MR) is 81.4 cm³/mol. The molecule has 0 spiro atoms. The molecule has 1 nitrogen and oxygen atoms in total. The second kappa shape index (κ2) is 6.28. The lowest BCUT2D eigenvalue weighted by Gasteiger charge is -2.05. The maximum atomic E-state index is 13.5. The molecule has 1 heterocycles. The van der Waals surface area contributed by atoms with Crippen molar-refractivity contribution < 1.29 is 4.39 Å². The summed E-state index contributed by atoms with van der Waals surface area (Å²) in [4.78, 5) is 2.51. The van der Waals surface area contributed by atoms with Crippen LogP contribution >= 0.6 is 43.2 Å². The minimum Gasteiger partial charge on any atom is -0.308 e. The van der Waals surface area contributed by atoms with Gasteiger partial charge in [0.05, 0.1) is 0 Å². The van der Waals surface area contributed by atoms with Gasteiger partial charge in [-0.15, -0.1) is 11.3 Å². The number of thiophene rings is 1. The number of benzene rings is 1. The van der Waals surface area contributed by atoms with Crippen LogP contribution in [-0.4, -0.2) is 0 Å². The summed E-state index contributed by atoms with van der Waals surface area (Å²) in [7, 11) is 0. The third-order valence-corrected chi connectivity index (χ3v) is 5.16. The normalized spacial score (nSPS) is 10.9. The van der Waals surface area contributed by atoms with Gasteiger partial charge in [-0.1, -0.05) is 15.9 Å². The van der Waals surface area contributed by atoms with E-state index in [1.165, 1.54) is 15.8 Å². The van der Waals surface area contributed by atoms with E-state index in [0.717, 1.165) is 15.5 Å². The number of nitrogens with one attached hydrogen (secondary N) is 1. The van der Waals surface area contributed by atoms with E-state index < -0.39 is 0 Å². The maximum absolute atomic E-state index is 13.5. The van der Waals surface area contributed by atoms with Crippen LogP contribution in [0.3, 0.4) is 0 Å². The van der Waals surface area contributed by atoms with Gasteiger partial charge in [0.25, 0.3) is 0 Å². The Kier molecular flexibility index (Phi) is 4.95. The number of hydrogen-bond donors (Lipinski definition) is 1. The van der Waals surface area contributed by atoms with Crippen molar-refractivity contribution in [1.82, 2.24) is 5.32 Å². The molecular formula is C13H12Br2FNS. The lowest BCUT2D eigenvalue weighted by Crippen LogP contribution is -2.12. The molecule has 0 fully saturated rings. The summed E-state index contributed by atoms with van der Waals surface area (Å²) in [5.74, 6) is -0.172. The van der Waals surface area contributed by atoms with E-state index in [-0.39, 0.29) is 5.82 Å². The van der Waals surface area contributed by atoms with Crippen LogP contribution in [-0.2, 0) is 13.1 Å². The fraction of sp³-hybridized carbons (Fsp3) is 0.231. The Hall–Kier alpha value is -0.230. The molecule has 5 heteroatoms. The fourth-order valence-corrected chi connectivity index (χ4v) is 3.58. The van der Waals surface area contributed by atoms with E-state index in [1.807, 2.05) is 0 Å². The summed E-state index contributed by atoms with van der Waals surface area (Å²) < 4.78 is 15.5. The van der Waals surface area contributed by atoms with Gasteiger partial charge in [0.2, 0.25) is 0 Å². The summed E-state index contributed by atoms with van der Waals surface area (Å²) in [6.45, 7) is 3.36. The van der Waals surface area contributed by atoms with Crippen molar-refractivity contribution >= 4 is 43.2 Å². The average Bonchev–Trinajstić information content (AvgIpc) is 2.63. The third kappa shape index (κ3) is 3.63. The first-order valence-corrected chi connectivity index (χ1v) is 7.86. The van der Waals surface area contributed by atoms with Gasteiger partial charge in [-0.2, -0.15) is 0 Å². The maximum Gasteiger partial charge on any atom is 0.127 e.